The van der Waals surface area contributed by atoms with Gasteiger partial charge >= 0.3 is 42.8 Å². The molecule has 2 aromatic heterocycles. The van der Waals surface area contributed by atoms with Crippen LogP contribution in [-0.4, -0.2) is 9.97 Å². The molecule has 0 saturated carbocycles. The third-order valence-corrected chi connectivity index (χ3v) is 1.59. The van der Waals surface area contributed by atoms with E-state index in [0.29, 0.717) is 0 Å². The van der Waals surface area contributed by atoms with Gasteiger partial charge in [0.1, 0.15) is 0 Å². The van der Waals surface area contributed by atoms with Crippen LogP contribution in [-0.2, 0) is 15.2 Å². The molecule has 0 aliphatic rings. The van der Waals surface area contributed by atoms with Crippen molar-refractivity contribution >= 4 is 27.6 Å². The van der Waals surface area contributed by atoms with E-state index in [1.54, 1.807) is 12.4 Å². The van der Waals surface area contributed by atoms with Crippen molar-refractivity contribution in [2.45, 2.75) is 0 Å². The molecule has 0 fully saturated rings. The number of hydrogen-bond acceptors (Lipinski definition) is 2. The van der Waals surface area contributed by atoms with E-state index in [-0.39, 0.29) is 0 Å². The first-order valence-electron chi connectivity index (χ1n) is 4.13. The average Bonchev–Trinajstić information content (AvgIpc) is 2.31. The normalized spacial score (nSPS) is 10.1. The summed E-state index contributed by atoms with van der Waals surface area (Å²) < 4.78 is 0. The Kier molecular flexibility index (Phi) is 7.05. The molecule has 0 bridgehead atoms. The summed E-state index contributed by atoms with van der Waals surface area (Å²) in [4.78, 5) is 8.37. The number of pyridine rings is 2. The van der Waals surface area contributed by atoms with Crippen LogP contribution >= 0.6 is 27.6 Å². The van der Waals surface area contributed by atoms with Crippen molar-refractivity contribution in [1.29, 1.82) is 0 Å². The van der Waals surface area contributed by atoms with Gasteiger partial charge < -0.3 is 0 Å². The zero-order valence-electron chi connectivity index (χ0n) is 7.95. The molecule has 0 aliphatic carbocycles. The summed E-state index contributed by atoms with van der Waals surface area (Å²) in [7, 11) is 14.9. The molecule has 0 aromatic carbocycles. The zero-order chi connectivity index (χ0) is 11.8. The van der Waals surface area contributed by atoms with Crippen LogP contribution in [0.15, 0.2) is 48.8 Å². The molecule has 2 heterocycles. The summed E-state index contributed by atoms with van der Waals surface area (Å²) in [5.41, 5.74) is 1.83. The zero-order valence-corrected chi connectivity index (χ0v) is 12.4. The number of aromatic nitrogens is 2. The van der Waals surface area contributed by atoms with E-state index in [2.05, 4.69) is 9.97 Å². The molecular weight excluding hydrogens is 451 g/mol. The Morgan fingerprint density at radius 3 is 1.38 bits per heavy atom. The smallest absolute Gasteiger partial charge is 0.0886 e. The number of halogens is 3. The molecule has 2 aromatic rings. The Balaban J connectivity index is 0.000000280. The summed E-state index contributed by atoms with van der Waals surface area (Å²) in [6.45, 7) is 0. The monoisotopic (exact) mass is 458 g/mol. The molecular formula is C10H8AuCl3N2. The predicted molar refractivity (Wildman–Crippen MR) is 65.0 cm³/mol. The van der Waals surface area contributed by atoms with Crippen molar-refractivity contribution in [2.24, 2.45) is 0 Å². The SMILES string of the molecule is [Cl][Au]([Cl])[Cl].c1ccc(-c2ccccn2)nc1. The molecule has 2 nitrogen and oxygen atoms in total. The van der Waals surface area contributed by atoms with Gasteiger partial charge in [-0.1, -0.05) is 12.1 Å². The molecule has 0 atom stereocenters. The van der Waals surface area contributed by atoms with Crippen LogP contribution in [0.25, 0.3) is 11.4 Å². The number of hydrogen-bond donors (Lipinski definition) is 0. The van der Waals surface area contributed by atoms with Gasteiger partial charge in [-0.3, -0.25) is 9.97 Å². The third-order valence-electron chi connectivity index (χ3n) is 1.59. The summed E-state index contributed by atoms with van der Waals surface area (Å²) in [5, 5.41) is 0. The maximum atomic E-state index is 4.95. The Hall–Kier alpha value is -0.0897. The summed E-state index contributed by atoms with van der Waals surface area (Å²) >= 11 is -1.79. The molecule has 90 valence electrons. The van der Waals surface area contributed by atoms with Gasteiger partial charge in [0.05, 0.1) is 11.4 Å². The minimum Gasteiger partial charge on any atom is -0.255 e. The van der Waals surface area contributed by atoms with Crippen molar-refractivity contribution in [1.82, 2.24) is 9.97 Å². The molecule has 6 heteroatoms. The topological polar surface area (TPSA) is 25.8 Å². The van der Waals surface area contributed by atoms with E-state index in [9.17, 15) is 0 Å². The second-order valence-electron chi connectivity index (χ2n) is 2.56. The van der Waals surface area contributed by atoms with Gasteiger partial charge in [0.25, 0.3) is 0 Å². The van der Waals surface area contributed by atoms with Gasteiger partial charge in [-0.25, -0.2) is 0 Å². The van der Waals surface area contributed by atoms with E-state index < -0.39 is 15.2 Å². The first-order chi connectivity index (χ1) is 7.70. The second kappa shape index (κ2) is 8.07. The minimum atomic E-state index is -1.79. The third kappa shape index (κ3) is 5.85. The van der Waals surface area contributed by atoms with E-state index in [1.165, 1.54) is 0 Å². The van der Waals surface area contributed by atoms with Gasteiger partial charge in [-0.15, -0.1) is 0 Å². The van der Waals surface area contributed by atoms with Crippen molar-refractivity contribution < 1.29 is 15.2 Å². The van der Waals surface area contributed by atoms with Crippen LogP contribution in [0, 0.1) is 0 Å². The van der Waals surface area contributed by atoms with Crippen LogP contribution in [0.3, 0.4) is 0 Å². The van der Waals surface area contributed by atoms with Crippen LogP contribution in [0.5, 0.6) is 0 Å². The van der Waals surface area contributed by atoms with Gasteiger partial charge in [0.2, 0.25) is 0 Å². The van der Waals surface area contributed by atoms with Crippen LogP contribution in [0.1, 0.15) is 0 Å². The van der Waals surface area contributed by atoms with Crippen LogP contribution < -0.4 is 0 Å². The fourth-order valence-electron chi connectivity index (χ4n) is 1.03. The van der Waals surface area contributed by atoms with Gasteiger partial charge in [0.15, 0.2) is 0 Å². The van der Waals surface area contributed by atoms with E-state index in [1.807, 2.05) is 36.4 Å². The first kappa shape index (κ1) is 14.0. The van der Waals surface area contributed by atoms with E-state index in [4.69, 9.17) is 27.6 Å². The quantitative estimate of drug-likeness (QED) is 0.598. The van der Waals surface area contributed by atoms with Crippen LogP contribution in [0.4, 0.5) is 0 Å². The Bertz CT molecular complexity index is 357. The largest absolute Gasteiger partial charge is 0.255 e. The Labute approximate surface area is 112 Å². The average molecular weight is 460 g/mol. The van der Waals surface area contributed by atoms with E-state index in [0.717, 1.165) is 11.4 Å². The number of nitrogens with zero attached hydrogens (tertiary/aromatic N) is 2. The second-order valence-corrected chi connectivity index (χ2v) is 11.9. The van der Waals surface area contributed by atoms with Crippen molar-refractivity contribution in [3.05, 3.63) is 48.8 Å². The fourth-order valence-corrected chi connectivity index (χ4v) is 1.03. The molecule has 0 radical (unpaired) electrons. The van der Waals surface area contributed by atoms with Gasteiger partial charge in [-0.05, 0) is 24.3 Å². The molecule has 0 unspecified atom stereocenters. The number of rotatable bonds is 1. The van der Waals surface area contributed by atoms with Crippen molar-refractivity contribution in [3.63, 3.8) is 0 Å². The van der Waals surface area contributed by atoms with Gasteiger partial charge in [-0.2, -0.15) is 0 Å². The maximum Gasteiger partial charge on any atom is 0.0886 e. The maximum absolute atomic E-state index is 4.95. The van der Waals surface area contributed by atoms with Gasteiger partial charge in [0, 0.05) is 12.4 Å². The fraction of sp³-hybridized carbons (Fsp3) is 0. The Morgan fingerprint density at radius 2 is 1.12 bits per heavy atom. The summed E-state index contributed by atoms with van der Waals surface area (Å²) in [6, 6.07) is 11.6. The first-order valence-corrected chi connectivity index (χ1v) is 12.2. The molecule has 2 rings (SSSR count). The summed E-state index contributed by atoms with van der Waals surface area (Å²) in [6.07, 6.45) is 3.54. The van der Waals surface area contributed by atoms with Crippen molar-refractivity contribution in [3.8, 4) is 11.4 Å². The predicted octanol–water partition coefficient (Wildman–Crippen LogP) is 4.21. The molecule has 16 heavy (non-hydrogen) atoms. The molecule has 0 aliphatic heterocycles. The summed E-state index contributed by atoms with van der Waals surface area (Å²) in [5.74, 6) is 0. The van der Waals surface area contributed by atoms with Crippen molar-refractivity contribution in [2.75, 3.05) is 0 Å². The molecule has 0 amide bonds. The molecule has 0 spiro atoms. The van der Waals surface area contributed by atoms with E-state index >= 15 is 0 Å². The standard InChI is InChI=1S/C10H8N2.Au.3ClH/c1-3-7-11-9(5-1)10-6-2-4-8-12-10;;;;/h1-8H;;3*1H/q;+3;;;/p-3. The molecule has 0 N–H and O–H groups in total. The Morgan fingerprint density at radius 1 is 0.750 bits per heavy atom. The van der Waals surface area contributed by atoms with Crippen LogP contribution in [0.2, 0.25) is 0 Å². The molecule has 0 saturated heterocycles. The minimum absolute atomic E-state index is 0.915.